The zero-order valence-corrected chi connectivity index (χ0v) is 14.2. The van der Waals surface area contributed by atoms with E-state index in [1.54, 1.807) is 24.3 Å². The van der Waals surface area contributed by atoms with Crippen molar-refractivity contribution in [3.8, 4) is 0 Å². The van der Waals surface area contributed by atoms with E-state index in [1.807, 2.05) is 19.1 Å². The van der Waals surface area contributed by atoms with Crippen LogP contribution in [0.4, 0.5) is 21.5 Å². The van der Waals surface area contributed by atoms with Crippen LogP contribution in [0.1, 0.15) is 18.9 Å². The van der Waals surface area contributed by atoms with Crippen molar-refractivity contribution in [1.82, 2.24) is 0 Å². The van der Waals surface area contributed by atoms with Crippen LogP contribution in [0.2, 0.25) is 0 Å². The van der Waals surface area contributed by atoms with Gasteiger partial charge in [0.15, 0.2) is 0 Å². The third-order valence-corrected chi connectivity index (χ3v) is 4.16. The summed E-state index contributed by atoms with van der Waals surface area (Å²) in [5, 5.41) is 5.95. The lowest BCUT2D eigenvalue weighted by molar-refractivity contribution is -0.117. The molecule has 1 aliphatic heterocycles. The Bertz CT molecular complexity index is 822. The minimum absolute atomic E-state index is 0.180. The molecule has 1 heterocycles. The molecule has 1 atom stereocenters. The molecule has 1 unspecified atom stereocenters. The van der Waals surface area contributed by atoms with Crippen molar-refractivity contribution >= 4 is 28.9 Å². The second-order valence-electron chi connectivity index (χ2n) is 6.16. The zero-order chi connectivity index (χ0) is 18.0. The average Bonchev–Trinajstić information content (AvgIpc) is 2.91. The smallest absolute Gasteiger partial charge is 0.249 e. The minimum atomic E-state index is -0.464. The van der Waals surface area contributed by atoms with Gasteiger partial charge in [0.2, 0.25) is 11.8 Å². The number of rotatable bonds is 4. The molecule has 0 saturated carbocycles. The molecule has 2 amide bonds. The van der Waals surface area contributed by atoms with Crippen molar-refractivity contribution in [2.75, 3.05) is 22.1 Å². The van der Waals surface area contributed by atoms with Crippen molar-refractivity contribution in [1.29, 1.82) is 0 Å². The third kappa shape index (κ3) is 3.63. The standard InChI is InChI=1S/C19H20FN3O2/c1-12-7-8-15(21-13(2)24)17(11-12)22-16-9-10-23(19(16)25)18-6-4-3-5-14(18)20/h3-8,11,16,22H,9-10H2,1-2H3,(H,21,24). The summed E-state index contributed by atoms with van der Waals surface area (Å²) in [5.74, 6) is -0.774. The number of hydrogen-bond donors (Lipinski definition) is 2. The quantitative estimate of drug-likeness (QED) is 0.897. The number of para-hydroxylation sites is 1. The Labute approximate surface area is 145 Å². The highest BCUT2D eigenvalue weighted by Gasteiger charge is 2.34. The van der Waals surface area contributed by atoms with E-state index >= 15 is 0 Å². The summed E-state index contributed by atoms with van der Waals surface area (Å²) in [7, 11) is 0. The number of carbonyl (C=O) groups excluding carboxylic acids is 2. The van der Waals surface area contributed by atoms with Crippen LogP contribution in [-0.4, -0.2) is 24.4 Å². The van der Waals surface area contributed by atoms with E-state index in [1.165, 1.54) is 17.9 Å². The lowest BCUT2D eigenvalue weighted by atomic mass is 10.1. The predicted octanol–water partition coefficient (Wildman–Crippen LogP) is 3.31. The van der Waals surface area contributed by atoms with Gasteiger partial charge in [0.05, 0.1) is 17.1 Å². The fraction of sp³-hybridized carbons (Fsp3) is 0.263. The van der Waals surface area contributed by atoms with E-state index in [0.717, 1.165) is 5.56 Å². The molecule has 2 aromatic carbocycles. The number of nitrogens with zero attached hydrogens (tertiary/aromatic N) is 1. The highest BCUT2D eigenvalue weighted by molar-refractivity contribution is 6.02. The summed E-state index contributed by atoms with van der Waals surface area (Å²) >= 11 is 0. The van der Waals surface area contributed by atoms with Gasteiger partial charge in [-0.25, -0.2) is 4.39 Å². The Morgan fingerprint density at radius 3 is 2.68 bits per heavy atom. The van der Waals surface area contributed by atoms with Gasteiger partial charge in [0.1, 0.15) is 11.9 Å². The van der Waals surface area contributed by atoms with Crippen LogP contribution in [0.25, 0.3) is 0 Å². The molecule has 3 rings (SSSR count). The second kappa shape index (κ2) is 6.93. The first-order valence-electron chi connectivity index (χ1n) is 8.16. The number of carbonyl (C=O) groups is 2. The maximum absolute atomic E-state index is 14.0. The van der Waals surface area contributed by atoms with Crippen LogP contribution in [0.15, 0.2) is 42.5 Å². The van der Waals surface area contributed by atoms with Crippen molar-refractivity contribution in [2.24, 2.45) is 0 Å². The molecule has 25 heavy (non-hydrogen) atoms. The maximum Gasteiger partial charge on any atom is 0.249 e. The summed E-state index contributed by atoms with van der Waals surface area (Å²) in [6.45, 7) is 3.81. The van der Waals surface area contributed by atoms with E-state index in [2.05, 4.69) is 10.6 Å². The molecule has 2 N–H and O–H groups in total. The monoisotopic (exact) mass is 341 g/mol. The molecule has 0 spiro atoms. The summed E-state index contributed by atoms with van der Waals surface area (Å²) in [4.78, 5) is 25.5. The lowest BCUT2D eigenvalue weighted by Gasteiger charge is -2.19. The topological polar surface area (TPSA) is 61.4 Å². The number of anilines is 3. The molecule has 0 radical (unpaired) electrons. The van der Waals surface area contributed by atoms with Crippen LogP contribution >= 0.6 is 0 Å². The molecular formula is C19H20FN3O2. The molecule has 0 bridgehead atoms. The third-order valence-electron chi connectivity index (χ3n) is 4.16. The Morgan fingerprint density at radius 2 is 1.96 bits per heavy atom. The van der Waals surface area contributed by atoms with Crippen molar-refractivity contribution < 1.29 is 14.0 Å². The number of nitrogens with one attached hydrogen (secondary N) is 2. The molecule has 0 aliphatic carbocycles. The molecule has 130 valence electrons. The molecule has 1 aliphatic rings. The molecule has 2 aromatic rings. The van der Waals surface area contributed by atoms with Gasteiger partial charge in [-0.1, -0.05) is 18.2 Å². The fourth-order valence-electron chi connectivity index (χ4n) is 2.99. The fourth-order valence-corrected chi connectivity index (χ4v) is 2.99. The SMILES string of the molecule is CC(=O)Nc1ccc(C)cc1NC1CCN(c2ccccc2F)C1=O. The first kappa shape index (κ1) is 17.0. The zero-order valence-electron chi connectivity index (χ0n) is 14.2. The first-order valence-corrected chi connectivity index (χ1v) is 8.16. The highest BCUT2D eigenvalue weighted by Crippen LogP contribution is 2.29. The van der Waals surface area contributed by atoms with E-state index in [-0.39, 0.29) is 11.8 Å². The van der Waals surface area contributed by atoms with Crippen LogP contribution < -0.4 is 15.5 Å². The summed E-state index contributed by atoms with van der Waals surface area (Å²) < 4.78 is 14.0. The summed E-state index contributed by atoms with van der Waals surface area (Å²) in [6, 6.07) is 11.4. The number of benzene rings is 2. The number of amides is 2. The Hall–Kier alpha value is -2.89. The Balaban J connectivity index is 1.81. The largest absolute Gasteiger partial charge is 0.372 e. The van der Waals surface area contributed by atoms with Crippen molar-refractivity contribution in [2.45, 2.75) is 26.3 Å². The van der Waals surface area contributed by atoms with Gasteiger partial charge >= 0.3 is 0 Å². The normalized spacial score (nSPS) is 16.8. The number of hydrogen-bond acceptors (Lipinski definition) is 3. The van der Waals surface area contributed by atoms with Gasteiger partial charge in [0, 0.05) is 13.5 Å². The first-order chi connectivity index (χ1) is 12.0. The number of halogens is 1. The van der Waals surface area contributed by atoms with E-state index in [9.17, 15) is 14.0 Å². The van der Waals surface area contributed by atoms with Gasteiger partial charge in [-0.05, 0) is 43.2 Å². The van der Waals surface area contributed by atoms with E-state index in [4.69, 9.17) is 0 Å². The molecule has 6 heteroatoms. The molecule has 0 aromatic heterocycles. The Kier molecular flexibility index (Phi) is 4.70. The van der Waals surface area contributed by atoms with Crippen molar-refractivity contribution in [3.63, 3.8) is 0 Å². The van der Waals surface area contributed by atoms with E-state index in [0.29, 0.717) is 30.0 Å². The molecule has 1 saturated heterocycles. The summed E-state index contributed by atoms with van der Waals surface area (Å²) in [5.41, 5.74) is 2.61. The van der Waals surface area contributed by atoms with Crippen LogP contribution in [0, 0.1) is 12.7 Å². The molecular weight excluding hydrogens is 321 g/mol. The maximum atomic E-state index is 14.0. The van der Waals surface area contributed by atoms with Gasteiger partial charge in [-0.3, -0.25) is 9.59 Å². The van der Waals surface area contributed by atoms with Gasteiger partial charge in [0.25, 0.3) is 0 Å². The number of aryl methyl sites for hydroxylation is 1. The van der Waals surface area contributed by atoms with Crippen molar-refractivity contribution in [3.05, 3.63) is 53.8 Å². The average molecular weight is 341 g/mol. The molecule has 5 nitrogen and oxygen atoms in total. The molecule has 1 fully saturated rings. The Morgan fingerprint density at radius 1 is 1.20 bits per heavy atom. The summed E-state index contributed by atoms with van der Waals surface area (Å²) in [6.07, 6.45) is 0.556. The van der Waals surface area contributed by atoms with Crippen LogP contribution in [0.5, 0.6) is 0 Å². The van der Waals surface area contributed by atoms with Crippen LogP contribution in [0.3, 0.4) is 0 Å². The van der Waals surface area contributed by atoms with Gasteiger partial charge in [-0.15, -0.1) is 0 Å². The second-order valence-corrected chi connectivity index (χ2v) is 6.16. The van der Waals surface area contributed by atoms with Gasteiger partial charge in [-0.2, -0.15) is 0 Å². The predicted molar refractivity (Wildman–Crippen MR) is 96.3 cm³/mol. The van der Waals surface area contributed by atoms with Gasteiger partial charge < -0.3 is 15.5 Å². The lowest BCUT2D eigenvalue weighted by Crippen LogP contribution is -2.34. The minimum Gasteiger partial charge on any atom is -0.372 e. The van der Waals surface area contributed by atoms with E-state index < -0.39 is 11.9 Å². The highest BCUT2D eigenvalue weighted by atomic mass is 19.1. The van der Waals surface area contributed by atoms with Crippen LogP contribution in [-0.2, 0) is 9.59 Å².